The van der Waals surface area contributed by atoms with Crippen molar-refractivity contribution in [2.45, 2.75) is 33.7 Å². The molecule has 0 saturated carbocycles. The molecule has 10 heteroatoms. The zero-order valence-electron chi connectivity index (χ0n) is 23.3. The van der Waals surface area contributed by atoms with Gasteiger partial charge in [-0.2, -0.15) is 0 Å². The molecule has 0 bridgehead atoms. The van der Waals surface area contributed by atoms with E-state index < -0.39 is 12.0 Å². The SMILES string of the molecule is CCOC(=O)C1=C(C)N=c2s/c(=C\c3ccc(-c4cc(Cl)ccc4C)o3)c(=O)n2C1c1ccc(OC)c(OCC)c1. The van der Waals surface area contributed by atoms with Crippen LogP contribution in [0.5, 0.6) is 11.5 Å². The summed E-state index contributed by atoms with van der Waals surface area (Å²) < 4.78 is 24.7. The quantitative estimate of drug-likeness (QED) is 0.253. The molecule has 2 aromatic heterocycles. The molecule has 5 rings (SSSR count). The van der Waals surface area contributed by atoms with Gasteiger partial charge in [-0.1, -0.05) is 35.1 Å². The predicted molar refractivity (Wildman–Crippen MR) is 158 cm³/mol. The Kier molecular flexibility index (Phi) is 8.19. The average molecular weight is 593 g/mol. The van der Waals surface area contributed by atoms with E-state index in [4.69, 9.17) is 30.2 Å². The Morgan fingerprint density at radius 1 is 1.10 bits per heavy atom. The van der Waals surface area contributed by atoms with Crippen LogP contribution in [0.15, 0.2) is 74.0 Å². The molecule has 0 amide bonds. The van der Waals surface area contributed by atoms with Crippen LogP contribution in [0.4, 0.5) is 0 Å². The zero-order valence-corrected chi connectivity index (χ0v) is 24.9. The molecule has 0 aliphatic carbocycles. The van der Waals surface area contributed by atoms with Crippen molar-refractivity contribution in [3.05, 3.63) is 101 Å². The van der Waals surface area contributed by atoms with Crippen molar-refractivity contribution in [1.29, 1.82) is 0 Å². The van der Waals surface area contributed by atoms with Gasteiger partial charge in [0.05, 0.1) is 42.2 Å². The first-order valence-electron chi connectivity index (χ1n) is 13.1. The maximum Gasteiger partial charge on any atom is 0.338 e. The van der Waals surface area contributed by atoms with Gasteiger partial charge in [0.2, 0.25) is 0 Å². The number of hydrogen-bond donors (Lipinski definition) is 0. The number of fused-ring (bicyclic) bond motifs is 1. The lowest BCUT2D eigenvalue weighted by Gasteiger charge is -2.25. The van der Waals surface area contributed by atoms with Gasteiger partial charge in [-0.25, -0.2) is 9.79 Å². The summed E-state index contributed by atoms with van der Waals surface area (Å²) in [6, 6.07) is 13.8. The minimum Gasteiger partial charge on any atom is -0.493 e. The fourth-order valence-corrected chi connectivity index (χ4v) is 6.00. The number of methoxy groups -OCH3 is 1. The second-order valence-corrected chi connectivity index (χ2v) is 10.8. The lowest BCUT2D eigenvalue weighted by Crippen LogP contribution is -2.39. The highest BCUT2D eigenvalue weighted by Gasteiger charge is 2.34. The van der Waals surface area contributed by atoms with E-state index in [-0.39, 0.29) is 17.7 Å². The van der Waals surface area contributed by atoms with Crippen LogP contribution in [0.3, 0.4) is 0 Å². The van der Waals surface area contributed by atoms with E-state index in [0.717, 1.165) is 11.1 Å². The van der Waals surface area contributed by atoms with Crippen molar-refractivity contribution in [3.63, 3.8) is 0 Å². The number of ether oxygens (including phenoxy) is 3. The first-order chi connectivity index (χ1) is 19.7. The van der Waals surface area contributed by atoms with Crippen molar-refractivity contribution in [2.75, 3.05) is 20.3 Å². The van der Waals surface area contributed by atoms with Crippen LogP contribution in [0, 0.1) is 6.92 Å². The summed E-state index contributed by atoms with van der Waals surface area (Å²) in [5.41, 5.74) is 3.01. The number of aromatic nitrogens is 1. The van der Waals surface area contributed by atoms with Gasteiger partial charge < -0.3 is 18.6 Å². The van der Waals surface area contributed by atoms with Crippen molar-refractivity contribution in [1.82, 2.24) is 4.57 Å². The third-order valence-electron chi connectivity index (χ3n) is 6.69. The molecule has 1 atom stereocenters. The molecule has 8 nitrogen and oxygen atoms in total. The molecule has 1 unspecified atom stereocenters. The van der Waals surface area contributed by atoms with E-state index >= 15 is 0 Å². The fourth-order valence-electron chi connectivity index (χ4n) is 4.80. The summed E-state index contributed by atoms with van der Waals surface area (Å²) in [6.45, 7) is 7.94. The first kappa shape index (κ1) is 28.4. The highest BCUT2D eigenvalue weighted by molar-refractivity contribution is 7.07. The van der Waals surface area contributed by atoms with Crippen LogP contribution in [0.1, 0.15) is 43.7 Å². The average Bonchev–Trinajstić information content (AvgIpc) is 3.53. The number of thiazole rings is 1. The topological polar surface area (TPSA) is 92.3 Å². The lowest BCUT2D eigenvalue weighted by atomic mass is 9.95. The molecule has 0 spiro atoms. The number of rotatable bonds is 8. The molecule has 0 N–H and O–H groups in total. The third kappa shape index (κ3) is 5.47. The summed E-state index contributed by atoms with van der Waals surface area (Å²) in [4.78, 5) is 32.2. The molecular formula is C31H29ClN2O6S. The number of hydrogen-bond acceptors (Lipinski definition) is 8. The van der Waals surface area contributed by atoms with Gasteiger partial charge in [0.1, 0.15) is 11.5 Å². The number of halogens is 1. The van der Waals surface area contributed by atoms with Crippen LogP contribution < -0.4 is 24.4 Å². The normalized spacial score (nSPS) is 15.0. The third-order valence-corrected chi connectivity index (χ3v) is 7.90. The first-order valence-corrected chi connectivity index (χ1v) is 14.3. The van der Waals surface area contributed by atoms with E-state index in [2.05, 4.69) is 4.99 Å². The van der Waals surface area contributed by atoms with Gasteiger partial charge in [-0.05, 0) is 75.2 Å². The minimum atomic E-state index is -0.779. The van der Waals surface area contributed by atoms with Gasteiger partial charge in [0, 0.05) is 16.7 Å². The summed E-state index contributed by atoms with van der Waals surface area (Å²) in [5.74, 6) is 1.67. The number of carbonyl (C=O) groups is 1. The van der Waals surface area contributed by atoms with E-state index in [1.807, 2.05) is 44.2 Å². The highest BCUT2D eigenvalue weighted by atomic mass is 35.5. The molecular weight excluding hydrogens is 564 g/mol. The van der Waals surface area contributed by atoms with Crippen LogP contribution in [-0.2, 0) is 9.53 Å². The number of allylic oxidation sites excluding steroid dienone is 1. The number of furan rings is 1. The molecule has 2 aromatic carbocycles. The molecule has 0 saturated heterocycles. The van der Waals surface area contributed by atoms with Gasteiger partial charge in [0.25, 0.3) is 5.56 Å². The monoisotopic (exact) mass is 592 g/mol. The molecule has 41 heavy (non-hydrogen) atoms. The second-order valence-electron chi connectivity index (χ2n) is 9.31. The molecule has 1 aliphatic heterocycles. The Balaban J connectivity index is 1.66. The maximum atomic E-state index is 13.9. The Morgan fingerprint density at radius 3 is 2.63 bits per heavy atom. The van der Waals surface area contributed by atoms with Crippen LogP contribution >= 0.6 is 22.9 Å². The van der Waals surface area contributed by atoms with Crippen molar-refractivity contribution in [2.24, 2.45) is 4.99 Å². The predicted octanol–water partition coefficient (Wildman–Crippen LogP) is 5.43. The molecule has 4 aromatic rings. The van der Waals surface area contributed by atoms with Crippen molar-refractivity contribution >= 4 is 35.0 Å². The standard InChI is InChI=1S/C31H29ClN2O6S/c1-6-38-25-14-19(9-12-24(25)37-5)28-27(30(36)39-7-2)18(4)33-31-34(28)29(35)26(41-31)16-21-11-13-23(40-21)22-15-20(32)10-8-17(22)3/h8-16,28H,6-7H2,1-5H3/b26-16-. The van der Waals surface area contributed by atoms with E-state index in [1.54, 1.807) is 45.2 Å². The lowest BCUT2D eigenvalue weighted by molar-refractivity contribution is -0.139. The molecule has 1 aliphatic rings. The van der Waals surface area contributed by atoms with Crippen LogP contribution in [0.2, 0.25) is 5.02 Å². The number of nitrogens with zero attached hydrogens (tertiary/aromatic N) is 2. The van der Waals surface area contributed by atoms with E-state index in [0.29, 0.717) is 55.2 Å². The minimum absolute atomic E-state index is 0.187. The van der Waals surface area contributed by atoms with Gasteiger partial charge in [0.15, 0.2) is 16.3 Å². The Morgan fingerprint density at radius 2 is 1.90 bits per heavy atom. The number of benzene rings is 2. The molecule has 212 valence electrons. The van der Waals surface area contributed by atoms with Crippen molar-refractivity contribution < 1.29 is 23.4 Å². The number of esters is 1. The summed E-state index contributed by atoms with van der Waals surface area (Å²) in [6.07, 6.45) is 1.69. The molecule has 0 radical (unpaired) electrons. The van der Waals surface area contributed by atoms with Gasteiger partial charge >= 0.3 is 5.97 Å². The molecule has 3 heterocycles. The second kappa shape index (κ2) is 11.8. The van der Waals surface area contributed by atoms with Crippen LogP contribution in [-0.4, -0.2) is 30.9 Å². The Bertz CT molecular complexity index is 1850. The summed E-state index contributed by atoms with van der Waals surface area (Å²) in [5, 5.41) is 0.607. The number of carbonyl (C=O) groups excluding carboxylic acids is 1. The number of aryl methyl sites for hydroxylation is 1. The summed E-state index contributed by atoms with van der Waals surface area (Å²) in [7, 11) is 1.56. The van der Waals surface area contributed by atoms with E-state index in [9.17, 15) is 9.59 Å². The van der Waals surface area contributed by atoms with Gasteiger partial charge in [-0.15, -0.1) is 0 Å². The fraction of sp³-hybridized carbons (Fsp3) is 0.258. The van der Waals surface area contributed by atoms with Crippen LogP contribution in [0.25, 0.3) is 17.4 Å². The summed E-state index contributed by atoms with van der Waals surface area (Å²) >= 11 is 7.43. The van der Waals surface area contributed by atoms with Crippen molar-refractivity contribution in [3.8, 4) is 22.8 Å². The zero-order chi connectivity index (χ0) is 29.3. The van der Waals surface area contributed by atoms with E-state index in [1.165, 1.54) is 15.9 Å². The Hall–Kier alpha value is -4.08. The highest BCUT2D eigenvalue weighted by Crippen LogP contribution is 2.36. The molecule has 0 fully saturated rings. The smallest absolute Gasteiger partial charge is 0.338 e. The Labute approximate surface area is 245 Å². The largest absolute Gasteiger partial charge is 0.493 e. The maximum absolute atomic E-state index is 13.9. The van der Waals surface area contributed by atoms with Gasteiger partial charge in [-0.3, -0.25) is 9.36 Å².